The zero-order valence-corrected chi connectivity index (χ0v) is 13.2. The molecule has 0 saturated carbocycles. The van der Waals surface area contributed by atoms with Gasteiger partial charge in [-0.3, -0.25) is 4.79 Å². The van der Waals surface area contributed by atoms with Gasteiger partial charge in [0.15, 0.2) is 0 Å². The van der Waals surface area contributed by atoms with Gasteiger partial charge in [-0.15, -0.1) is 0 Å². The lowest BCUT2D eigenvalue weighted by Gasteiger charge is -2.38. The van der Waals surface area contributed by atoms with Crippen LogP contribution in [0.4, 0.5) is 0 Å². The number of carbonyl (C=O) groups is 1. The Labute approximate surface area is 128 Å². The van der Waals surface area contributed by atoms with Crippen LogP contribution in [0, 0.1) is 0 Å². The molecule has 1 fully saturated rings. The number of aromatic nitrogens is 3. The number of fused-ring (bicyclic) bond motifs is 1. The molecule has 0 N–H and O–H groups in total. The van der Waals surface area contributed by atoms with Gasteiger partial charge in [-0.1, -0.05) is 0 Å². The second-order valence-corrected chi connectivity index (χ2v) is 7.37. The first kappa shape index (κ1) is 14.9. The highest BCUT2D eigenvalue weighted by atomic mass is 32.2. The molecule has 2 aromatic rings. The molecule has 0 spiro atoms. The van der Waals surface area contributed by atoms with Crippen LogP contribution < -0.4 is 0 Å². The van der Waals surface area contributed by atoms with Crippen molar-refractivity contribution in [2.24, 2.45) is 0 Å². The molecular formula is C13H17N5O3S. The number of rotatable bonds is 2. The van der Waals surface area contributed by atoms with Crippen LogP contribution in [0.2, 0.25) is 0 Å². The number of amides is 1. The largest absolute Gasteiger partial charge is 0.336 e. The van der Waals surface area contributed by atoms with Gasteiger partial charge in [-0.2, -0.15) is 19.1 Å². The summed E-state index contributed by atoms with van der Waals surface area (Å²) in [5, 5.41) is 8.10. The van der Waals surface area contributed by atoms with Crippen molar-refractivity contribution in [2.75, 3.05) is 25.9 Å². The smallest absolute Gasteiger partial charge is 0.257 e. The van der Waals surface area contributed by atoms with E-state index in [9.17, 15) is 13.2 Å². The molecule has 0 unspecified atom stereocenters. The van der Waals surface area contributed by atoms with Crippen molar-refractivity contribution < 1.29 is 13.2 Å². The molecule has 9 heteroatoms. The summed E-state index contributed by atoms with van der Waals surface area (Å²) in [5.41, 5.74) is 1.12. The molecule has 3 heterocycles. The van der Waals surface area contributed by atoms with Gasteiger partial charge < -0.3 is 4.90 Å². The van der Waals surface area contributed by atoms with Gasteiger partial charge in [-0.05, 0) is 19.1 Å². The SMILES string of the molecule is C[C@H]1CN(C(=O)c2cnn3ncccc23)CCN1S(C)(=O)=O. The second kappa shape index (κ2) is 5.33. The third kappa shape index (κ3) is 2.57. The maximum absolute atomic E-state index is 12.7. The standard InChI is InChI=1S/C13H17N5O3S/c1-10-9-16(6-7-17(10)22(2,20)21)13(19)11-8-15-18-12(11)4-3-5-14-18/h3-5,8,10H,6-7,9H2,1-2H3/t10-/m0/s1. The molecule has 1 atom stereocenters. The highest BCUT2D eigenvalue weighted by Crippen LogP contribution is 2.17. The molecule has 2 aromatic heterocycles. The van der Waals surface area contributed by atoms with E-state index in [1.165, 1.54) is 21.4 Å². The van der Waals surface area contributed by atoms with E-state index in [2.05, 4.69) is 10.2 Å². The number of nitrogens with zero attached hydrogens (tertiary/aromatic N) is 5. The van der Waals surface area contributed by atoms with E-state index in [4.69, 9.17) is 0 Å². The minimum Gasteiger partial charge on any atom is -0.336 e. The number of carbonyl (C=O) groups excluding carboxylic acids is 1. The van der Waals surface area contributed by atoms with Crippen molar-refractivity contribution in [2.45, 2.75) is 13.0 Å². The van der Waals surface area contributed by atoms with Crippen molar-refractivity contribution in [1.82, 2.24) is 24.0 Å². The van der Waals surface area contributed by atoms with Crippen LogP contribution in [-0.2, 0) is 10.0 Å². The Morgan fingerprint density at radius 1 is 1.32 bits per heavy atom. The summed E-state index contributed by atoms with van der Waals surface area (Å²) < 4.78 is 26.2. The summed E-state index contributed by atoms with van der Waals surface area (Å²) in [6, 6.07) is 3.29. The molecule has 1 aliphatic rings. The Hall–Kier alpha value is -2.00. The van der Waals surface area contributed by atoms with Crippen molar-refractivity contribution in [3.8, 4) is 0 Å². The van der Waals surface area contributed by atoms with Crippen LogP contribution in [0.1, 0.15) is 17.3 Å². The topological polar surface area (TPSA) is 87.9 Å². The summed E-state index contributed by atoms with van der Waals surface area (Å²) in [5.74, 6) is -0.150. The Morgan fingerprint density at radius 3 is 2.77 bits per heavy atom. The lowest BCUT2D eigenvalue weighted by Crippen LogP contribution is -2.55. The van der Waals surface area contributed by atoms with Crippen LogP contribution in [0.15, 0.2) is 24.5 Å². The van der Waals surface area contributed by atoms with Crippen LogP contribution in [-0.4, -0.2) is 70.3 Å². The molecule has 118 valence electrons. The van der Waals surface area contributed by atoms with E-state index in [1.54, 1.807) is 30.2 Å². The molecule has 0 aromatic carbocycles. The second-order valence-electron chi connectivity index (χ2n) is 5.43. The van der Waals surface area contributed by atoms with Gasteiger partial charge in [0.05, 0.1) is 18.0 Å². The molecule has 0 radical (unpaired) electrons. The number of piperazine rings is 1. The van der Waals surface area contributed by atoms with Crippen LogP contribution in [0.3, 0.4) is 0 Å². The first-order valence-electron chi connectivity index (χ1n) is 6.93. The maximum atomic E-state index is 12.7. The Morgan fingerprint density at radius 2 is 2.09 bits per heavy atom. The van der Waals surface area contributed by atoms with Crippen LogP contribution >= 0.6 is 0 Å². The first-order chi connectivity index (χ1) is 10.4. The van der Waals surface area contributed by atoms with Crippen LogP contribution in [0.5, 0.6) is 0 Å². The minimum absolute atomic E-state index is 0.150. The van der Waals surface area contributed by atoms with E-state index >= 15 is 0 Å². The van der Waals surface area contributed by atoms with E-state index in [1.807, 2.05) is 0 Å². The third-order valence-corrected chi connectivity index (χ3v) is 5.21. The fourth-order valence-corrected chi connectivity index (χ4v) is 3.92. The highest BCUT2D eigenvalue weighted by molar-refractivity contribution is 7.88. The van der Waals surface area contributed by atoms with Gasteiger partial charge in [0.2, 0.25) is 10.0 Å². The first-order valence-corrected chi connectivity index (χ1v) is 8.78. The summed E-state index contributed by atoms with van der Waals surface area (Å²) in [7, 11) is -3.24. The molecule has 8 nitrogen and oxygen atoms in total. The quantitative estimate of drug-likeness (QED) is 0.766. The Bertz CT molecular complexity index is 816. The highest BCUT2D eigenvalue weighted by Gasteiger charge is 2.32. The lowest BCUT2D eigenvalue weighted by molar-refractivity contribution is 0.0644. The average molecular weight is 323 g/mol. The Kier molecular flexibility index (Phi) is 3.61. The van der Waals surface area contributed by atoms with Gasteiger partial charge in [-0.25, -0.2) is 8.42 Å². The summed E-state index contributed by atoms with van der Waals surface area (Å²) in [6.07, 6.45) is 4.29. The normalized spacial score (nSPS) is 20.5. The third-order valence-electron chi connectivity index (χ3n) is 3.81. The molecule has 0 bridgehead atoms. The predicted octanol–water partition coefficient (Wildman–Crippen LogP) is -0.165. The number of hydrogen-bond acceptors (Lipinski definition) is 5. The van der Waals surface area contributed by atoms with E-state index in [-0.39, 0.29) is 11.9 Å². The van der Waals surface area contributed by atoms with Gasteiger partial charge in [0, 0.05) is 31.9 Å². The van der Waals surface area contributed by atoms with Gasteiger partial charge >= 0.3 is 0 Å². The van der Waals surface area contributed by atoms with E-state index in [0.717, 1.165) is 0 Å². The molecule has 1 saturated heterocycles. The van der Waals surface area contributed by atoms with Crippen LogP contribution in [0.25, 0.3) is 5.52 Å². The average Bonchev–Trinajstić information content (AvgIpc) is 2.89. The molecule has 0 aliphatic carbocycles. The number of hydrogen-bond donors (Lipinski definition) is 0. The lowest BCUT2D eigenvalue weighted by atomic mass is 10.2. The molecule has 3 rings (SSSR count). The fraction of sp³-hybridized carbons (Fsp3) is 0.462. The summed E-state index contributed by atoms with van der Waals surface area (Å²) in [4.78, 5) is 14.3. The zero-order chi connectivity index (χ0) is 15.9. The molecular weight excluding hydrogens is 306 g/mol. The minimum atomic E-state index is -3.24. The Balaban J connectivity index is 1.83. The number of sulfonamides is 1. The molecule has 1 amide bonds. The zero-order valence-electron chi connectivity index (χ0n) is 12.4. The van der Waals surface area contributed by atoms with Crippen molar-refractivity contribution in [3.05, 3.63) is 30.1 Å². The summed E-state index contributed by atoms with van der Waals surface area (Å²) in [6.45, 7) is 2.85. The molecule has 1 aliphatic heterocycles. The van der Waals surface area contributed by atoms with Crippen molar-refractivity contribution in [3.63, 3.8) is 0 Å². The van der Waals surface area contributed by atoms with Gasteiger partial charge in [0.25, 0.3) is 5.91 Å². The predicted molar refractivity (Wildman–Crippen MR) is 79.9 cm³/mol. The maximum Gasteiger partial charge on any atom is 0.257 e. The van der Waals surface area contributed by atoms with Gasteiger partial charge in [0.1, 0.15) is 5.52 Å². The van der Waals surface area contributed by atoms with Crippen molar-refractivity contribution in [1.29, 1.82) is 0 Å². The monoisotopic (exact) mass is 323 g/mol. The van der Waals surface area contributed by atoms with E-state index in [0.29, 0.717) is 30.7 Å². The van der Waals surface area contributed by atoms with Crippen molar-refractivity contribution >= 4 is 21.4 Å². The van der Waals surface area contributed by atoms with E-state index < -0.39 is 10.0 Å². The molecule has 22 heavy (non-hydrogen) atoms. The fourth-order valence-electron chi connectivity index (χ4n) is 2.79. The summed E-state index contributed by atoms with van der Waals surface area (Å²) >= 11 is 0.